The molecule has 2 aromatic carbocycles. The van der Waals surface area contributed by atoms with Crippen molar-refractivity contribution in [3.05, 3.63) is 53.3 Å². The number of phenolic OH excluding ortho intramolecular Hbond substituents is 1. The van der Waals surface area contributed by atoms with E-state index in [9.17, 15) is 27.5 Å². The van der Waals surface area contributed by atoms with Crippen LogP contribution in [0.2, 0.25) is 0 Å². The first kappa shape index (κ1) is 21.5. The number of benzene rings is 2. The van der Waals surface area contributed by atoms with E-state index in [1.54, 1.807) is 13.8 Å². The number of hydrogen-bond acceptors (Lipinski definition) is 4. The van der Waals surface area contributed by atoms with Gasteiger partial charge in [0.05, 0.1) is 22.9 Å². The van der Waals surface area contributed by atoms with Gasteiger partial charge in [-0.25, -0.2) is 4.39 Å². The number of anilines is 2. The third-order valence-corrected chi connectivity index (χ3v) is 5.47. The second kappa shape index (κ2) is 7.25. The van der Waals surface area contributed by atoms with E-state index in [1.165, 1.54) is 23.1 Å². The van der Waals surface area contributed by atoms with Crippen LogP contribution in [0.5, 0.6) is 5.75 Å². The molecule has 0 bridgehead atoms. The van der Waals surface area contributed by atoms with Gasteiger partial charge >= 0.3 is 6.18 Å². The normalized spacial score (nSPS) is 19.4. The summed E-state index contributed by atoms with van der Waals surface area (Å²) in [7, 11) is 0. The maximum absolute atomic E-state index is 13.9. The molecule has 3 rings (SSSR count). The van der Waals surface area contributed by atoms with E-state index in [-0.39, 0.29) is 22.9 Å². The van der Waals surface area contributed by atoms with Crippen LogP contribution in [0, 0.1) is 17.1 Å². The molecule has 0 saturated carbocycles. The Bertz CT molecular complexity index is 1100. The van der Waals surface area contributed by atoms with Crippen LogP contribution in [0.15, 0.2) is 36.4 Å². The lowest BCUT2D eigenvalue weighted by Gasteiger charge is -2.32. The van der Waals surface area contributed by atoms with Gasteiger partial charge in [-0.1, -0.05) is 6.92 Å². The number of carbonyl (C=O) groups excluding carboxylic acids is 1. The lowest BCUT2D eigenvalue weighted by atomic mass is 9.96. The van der Waals surface area contributed by atoms with E-state index in [0.29, 0.717) is 6.07 Å². The van der Waals surface area contributed by atoms with E-state index in [4.69, 9.17) is 17.5 Å². The molecular weight excluding hydrogens is 422 g/mol. The molecule has 1 amide bonds. The van der Waals surface area contributed by atoms with Crippen molar-refractivity contribution in [3.63, 3.8) is 0 Å². The van der Waals surface area contributed by atoms with Gasteiger partial charge in [-0.2, -0.15) is 18.4 Å². The topological polar surface area (TPSA) is 67.6 Å². The van der Waals surface area contributed by atoms with Gasteiger partial charge in [0.25, 0.3) is 5.91 Å². The Morgan fingerprint density at radius 1 is 1.20 bits per heavy atom. The zero-order valence-electron chi connectivity index (χ0n) is 15.8. The third-order valence-electron chi connectivity index (χ3n) is 5.11. The molecule has 1 saturated heterocycles. The van der Waals surface area contributed by atoms with Crippen molar-refractivity contribution in [3.8, 4) is 11.8 Å². The predicted molar refractivity (Wildman–Crippen MR) is 105 cm³/mol. The molecule has 1 atom stereocenters. The molecule has 1 heterocycles. The van der Waals surface area contributed by atoms with E-state index in [1.807, 2.05) is 0 Å². The summed E-state index contributed by atoms with van der Waals surface area (Å²) in [5.41, 5.74) is -3.06. The molecule has 1 unspecified atom stereocenters. The number of thiocarbonyl (C=S) groups is 1. The third kappa shape index (κ3) is 3.25. The number of alkyl halides is 3. The second-order valence-corrected chi connectivity index (χ2v) is 7.23. The Morgan fingerprint density at radius 3 is 2.37 bits per heavy atom. The number of carbonyl (C=O) groups is 1. The fourth-order valence-corrected chi connectivity index (χ4v) is 3.80. The Hall–Kier alpha value is -3.19. The van der Waals surface area contributed by atoms with Crippen LogP contribution < -0.4 is 9.80 Å². The average Bonchev–Trinajstić information content (AvgIpc) is 2.89. The molecule has 0 aromatic heterocycles. The summed E-state index contributed by atoms with van der Waals surface area (Å²) in [4.78, 5) is 15.5. The zero-order chi connectivity index (χ0) is 22.4. The molecule has 0 spiro atoms. The van der Waals surface area contributed by atoms with Crippen LogP contribution >= 0.6 is 12.2 Å². The van der Waals surface area contributed by atoms with E-state index in [0.717, 1.165) is 23.1 Å². The highest BCUT2D eigenvalue weighted by Crippen LogP contribution is 2.41. The van der Waals surface area contributed by atoms with Crippen molar-refractivity contribution in [2.24, 2.45) is 0 Å². The number of nitriles is 1. The van der Waals surface area contributed by atoms with Crippen LogP contribution in [0.4, 0.5) is 28.9 Å². The SMILES string of the molecule is CCC1(C)C(=O)N(c2ccc(C#N)c(C(F)(F)F)c2)C(=S)N1c1ccc(O)c(F)c1. The summed E-state index contributed by atoms with van der Waals surface area (Å²) in [6.45, 7) is 3.23. The van der Waals surface area contributed by atoms with E-state index >= 15 is 0 Å². The van der Waals surface area contributed by atoms with Gasteiger partial charge in [0.1, 0.15) is 5.54 Å². The quantitative estimate of drug-likeness (QED) is 0.556. The predicted octanol–water partition coefficient (Wildman–Crippen LogP) is 4.73. The molecule has 5 nitrogen and oxygen atoms in total. The molecule has 1 aliphatic heterocycles. The van der Waals surface area contributed by atoms with Crippen molar-refractivity contribution in [2.45, 2.75) is 32.0 Å². The molecule has 156 valence electrons. The van der Waals surface area contributed by atoms with Crippen molar-refractivity contribution >= 4 is 34.6 Å². The molecule has 0 aliphatic carbocycles. The number of halogens is 4. The van der Waals surface area contributed by atoms with E-state index < -0.39 is 40.3 Å². The van der Waals surface area contributed by atoms with Crippen molar-refractivity contribution in [2.75, 3.05) is 9.80 Å². The monoisotopic (exact) mass is 437 g/mol. The largest absolute Gasteiger partial charge is 0.505 e. The highest BCUT2D eigenvalue weighted by Gasteiger charge is 2.52. The Kier molecular flexibility index (Phi) is 5.20. The molecule has 1 aliphatic rings. The summed E-state index contributed by atoms with van der Waals surface area (Å²) < 4.78 is 54.1. The highest BCUT2D eigenvalue weighted by molar-refractivity contribution is 7.81. The van der Waals surface area contributed by atoms with Gasteiger partial charge in [0.2, 0.25) is 0 Å². The molecule has 1 N–H and O–H groups in total. The molecule has 2 aromatic rings. The van der Waals surface area contributed by atoms with Crippen LogP contribution in [-0.4, -0.2) is 21.7 Å². The first-order valence-electron chi connectivity index (χ1n) is 8.74. The molecule has 0 radical (unpaired) electrons. The number of hydrogen-bond donors (Lipinski definition) is 1. The van der Waals surface area contributed by atoms with E-state index in [2.05, 4.69) is 0 Å². The molecule has 1 fully saturated rings. The fraction of sp³-hybridized carbons (Fsp3) is 0.250. The van der Waals surface area contributed by atoms with Gasteiger partial charge in [0, 0.05) is 11.8 Å². The lowest BCUT2D eigenvalue weighted by molar-refractivity contribution is -0.137. The second-order valence-electron chi connectivity index (χ2n) is 6.86. The average molecular weight is 437 g/mol. The number of rotatable bonds is 3. The smallest absolute Gasteiger partial charge is 0.417 e. The minimum atomic E-state index is -4.81. The van der Waals surface area contributed by atoms with Gasteiger partial charge in [-0.05, 0) is 55.9 Å². The highest BCUT2D eigenvalue weighted by atomic mass is 32.1. The number of nitrogens with zero attached hydrogens (tertiary/aromatic N) is 3. The van der Waals surface area contributed by atoms with Crippen molar-refractivity contribution in [1.29, 1.82) is 5.26 Å². The zero-order valence-corrected chi connectivity index (χ0v) is 16.6. The number of amides is 1. The van der Waals surface area contributed by atoms with Gasteiger partial charge < -0.3 is 10.0 Å². The van der Waals surface area contributed by atoms with Crippen LogP contribution in [0.1, 0.15) is 31.4 Å². The molecular formula is C20H15F4N3O2S. The molecule has 10 heteroatoms. The Labute approximate surface area is 174 Å². The number of phenols is 1. The summed E-state index contributed by atoms with van der Waals surface area (Å²) in [6.07, 6.45) is -4.59. The number of aromatic hydroxyl groups is 1. The molecule has 30 heavy (non-hydrogen) atoms. The van der Waals surface area contributed by atoms with Crippen molar-refractivity contribution in [1.82, 2.24) is 0 Å². The minimum absolute atomic E-state index is 0.146. The summed E-state index contributed by atoms with van der Waals surface area (Å²) in [5.74, 6) is -2.12. The van der Waals surface area contributed by atoms with Crippen LogP contribution in [0.3, 0.4) is 0 Å². The Balaban J connectivity index is 2.16. The summed E-state index contributed by atoms with van der Waals surface area (Å²) >= 11 is 5.39. The van der Waals surface area contributed by atoms with Gasteiger partial charge in [-0.3, -0.25) is 9.69 Å². The summed E-state index contributed by atoms with van der Waals surface area (Å²) in [5, 5.41) is 18.3. The minimum Gasteiger partial charge on any atom is -0.505 e. The maximum Gasteiger partial charge on any atom is 0.417 e. The maximum atomic E-state index is 13.9. The first-order valence-corrected chi connectivity index (χ1v) is 9.15. The fourth-order valence-electron chi connectivity index (χ4n) is 3.31. The van der Waals surface area contributed by atoms with Gasteiger partial charge in [0.15, 0.2) is 16.7 Å². The lowest BCUT2D eigenvalue weighted by Crippen LogP contribution is -2.46. The first-order chi connectivity index (χ1) is 14.0. The Morgan fingerprint density at radius 2 is 1.83 bits per heavy atom. The van der Waals surface area contributed by atoms with Gasteiger partial charge in [-0.15, -0.1) is 0 Å². The summed E-state index contributed by atoms with van der Waals surface area (Å²) in [6, 6.07) is 7.80. The van der Waals surface area contributed by atoms with Crippen LogP contribution in [0.25, 0.3) is 0 Å². The van der Waals surface area contributed by atoms with Crippen molar-refractivity contribution < 1.29 is 27.5 Å². The van der Waals surface area contributed by atoms with Crippen LogP contribution in [-0.2, 0) is 11.0 Å². The standard InChI is InChI=1S/C20H15F4N3O2S/c1-3-19(2)17(29)26(12-5-4-11(10-25)14(8-12)20(22,23)24)18(30)27(19)13-6-7-16(28)15(21)9-13/h4-9,28H,3H2,1-2H3.